The highest BCUT2D eigenvalue weighted by Gasteiger charge is 2.31. The highest BCUT2D eigenvalue weighted by molar-refractivity contribution is 7.89. The molecule has 1 N–H and O–H groups in total. The molecule has 2 aromatic rings. The van der Waals surface area contributed by atoms with Crippen LogP contribution in [0.5, 0.6) is 0 Å². The molecule has 0 heterocycles. The van der Waals surface area contributed by atoms with Crippen molar-refractivity contribution < 1.29 is 27.7 Å². The molecular weight excluding hydrogens is 424 g/mol. The van der Waals surface area contributed by atoms with Crippen molar-refractivity contribution in [3.8, 4) is 0 Å². The number of nitro groups is 1. The van der Waals surface area contributed by atoms with Gasteiger partial charge in [0.15, 0.2) is 6.61 Å². The molecule has 0 amide bonds. The van der Waals surface area contributed by atoms with Crippen LogP contribution in [0.15, 0.2) is 53.4 Å². The lowest BCUT2D eigenvalue weighted by molar-refractivity contribution is -0.384. The molecule has 0 radical (unpaired) electrons. The molecular formula is C21H24N2O7S. The summed E-state index contributed by atoms with van der Waals surface area (Å²) in [5.41, 5.74) is 0.638. The molecule has 0 fully saturated rings. The minimum Gasteiger partial charge on any atom is -0.456 e. The van der Waals surface area contributed by atoms with Gasteiger partial charge in [0, 0.05) is 17.7 Å². The summed E-state index contributed by atoms with van der Waals surface area (Å²) in [6.45, 7) is 4.63. The first-order chi connectivity index (χ1) is 14.5. The van der Waals surface area contributed by atoms with E-state index in [1.165, 1.54) is 30.3 Å². The van der Waals surface area contributed by atoms with Gasteiger partial charge in [0.25, 0.3) is 5.69 Å². The number of Topliss-reactive ketones (excluding diaryl/α,β-unsaturated/α-hetero) is 1. The van der Waals surface area contributed by atoms with E-state index in [9.17, 15) is 28.1 Å². The molecule has 166 valence electrons. The second-order valence-corrected chi connectivity index (χ2v) is 8.85. The summed E-state index contributed by atoms with van der Waals surface area (Å²) in [5.74, 6) is -1.94. The Morgan fingerprint density at radius 2 is 1.81 bits per heavy atom. The van der Waals surface area contributed by atoms with Crippen LogP contribution >= 0.6 is 0 Å². The Labute approximate surface area is 180 Å². The highest BCUT2D eigenvalue weighted by atomic mass is 32.2. The van der Waals surface area contributed by atoms with E-state index in [2.05, 4.69) is 4.72 Å². The average Bonchev–Trinajstić information content (AvgIpc) is 2.75. The summed E-state index contributed by atoms with van der Waals surface area (Å²) in [6.07, 6.45) is 0.481. The van der Waals surface area contributed by atoms with Crippen molar-refractivity contribution in [3.63, 3.8) is 0 Å². The number of hydrogen-bond donors (Lipinski definition) is 1. The normalized spacial score (nSPS) is 13.3. The van der Waals surface area contributed by atoms with Gasteiger partial charge in [-0.1, -0.05) is 50.1 Å². The third-order valence-electron chi connectivity index (χ3n) is 4.80. The maximum absolute atomic E-state index is 12.7. The van der Waals surface area contributed by atoms with Gasteiger partial charge in [-0.2, -0.15) is 4.72 Å². The van der Waals surface area contributed by atoms with E-state index in [1.54, 1.807) is 26.0 Å². The lowest BCUT2D eigenvalue weighted by atomic mass is 10.0. The number of carbonyl (C=O) groups is 2. The number of esters is 1. The van der Waals surface area contributed by atoms with Crippen LogP contribution in [0.4, 0.5) is 5.69 Å². The predicted octanol–water partition coefficient (Wildman–Crippen LogP) is 3.02. The van der Waals surface area contributed by atoms with Crippen LogP contribution in [0.3, 0.4) is 0 Å². The molecule has 0 spiro atoms. The number of rotatable bonds is 10. The SMILES string of the molecule is CC[C@@H](C)[C@H](NS(=O)(=O)c1ccc(C)cc1)C(=O)OCC(=O)c1cccc([N+](=O)[O-])c1. The van der Waals surface area contributed by atoms with Crippen LogP contribution in [-0.2, 0) is 19.6 Å². The summed E-state index contributed by atoms with van der Waals surface area (Å²) < 4.78 is 32.8. The summed E-state index contributed by atoms with van der Waals surface area (Å²) in [5, 5.41) is 10.9. The molecule has 0 aliphatic heterocycles. The zero-order valence-electron chi connectivity index (χ0n) is 17.4. The smallest absolute Gasteiger partial charge is 0.324 e. The van der Waals surface area contributed by atoms with E-state index >= 15 is 0 Å². The molecule has 2 atom stereocenters. The van der Waals surface area contributed by atoms with Gasteiger partial charge in [-0.15, -0.1) is 0 Å². The van der Waals surface area contributed by atoms with Crippen LogP contribution in [0.1, 0.15) is 36.2 Å². The van der Waals surface area contributed by atoms with Crippen LogP contribution < -0.4 is 4.72 Å². The maximum atomic E-state index is 12.7. The first-order valence-electron chi connectivity index (χ1n) is 9.58. The third kappa shape index (κ3) is 6.43. The molecule has 0 aromatic heterocycles. The Morgan fingerprint density at radius 1 is 1.16 bits per heavy atom. The van der Waals surface area contributed by atoms with Gasteiger partial charge in [0.05, 0.1) is 9.82 Å². The molecule has 0 aliphatic rings. The lowest BCUT2D eigenvalue weighted by Gasteiger charge is -2.22. The number of hydrogen-bond acceptors (Lipinski definition) is 7. The Morgan fingerprint density at radius 3 is 2.39 bits per heavy atom. The van der Waals surface area contributed by atoms with E-state index in [0.717, 1.165) is 11.6 Å². The van der Waals surface area contributed by atoms with E-state index < -0.39 is 45.3 Å². The number of non-ortho nitro benzene ring substituents is 1. The van der Waals surface area contributed by atoms with Crippen LogP contribution in [0.25, 0.3) is 0 Å². The number of sulfonamides is 1. The van der Waals surface area contributed by atoms with E-state index in [1.807, 2.05) is 6.92 Å². The Hall–Kier alpha value is -3.11. The van der Waals surface area contributed by atoms with Gasteiger partial charge in [-0.3, -0.25) is 19.7 Å². The van der Waals surface area contributed by atoms with Crippen molar-refractivity contribution in [2.75, 3.05) is 6.61 Å². The molecule has 0 unspecified atom stereocenters. The van der Waals surface area contributed by atoms with Crippen molar-refractivity contribution in [3.05, 3.63) is 69.8 Å². The number of aryl methyl sites for hydroxylation is 1. The topological polar surface area (TPSA) is 133 Å². The fraction of sp³-hybridized carbons (Fsp3) is 0.333. The quantitative estimate of drug-likeness (QED) is 0.256. The summed E-state index contributed by atoms with van der Waals surface area (Å²) >= 11 is 0. The first-order valence-corrected chi connectivity index (χ1v) is 11.1. The molecule has 2 aromatic carbocycles. The molecule has 0 saturated heterocycles. The standard InChI is InChI=1S/C21H24N2O7S/c1-4-15(3)20(22-31(28,29)18-10-8-14(2)9-11-18)21(25)30-13-19(24)16-6-5-7-17(12-16)23(26)27/h5-12,15,20,22H,4,13H2,1-3H3/t15-,20+/m1/s1. The largest absolute Gasteiger partial charge is 0.456 e. The van der Waals surface area contributed by atoms with Crippen molar-refractivity contribution in [2.45, 2.75) is 38.1 Å². The van der Waals surface area contributed by atoms with E-state index in [0.29, 0.717) is 6.42 Å². The Kier molecular flexibility index (Phi) is 8.01. The second kappa shape index (κ2) is 10.3. The van der Waals surface area contributed by atoms with Crippen molar-refractivity contribution in [1.82, 2.24) is 4.72 Å². The Balaban J connectivity index is 2.13. The van der Waals surface area contributed by atoms with Crippen LogP contribution in [0.2, 0.25) is 0 Å². The predicted molar refractivity (Wildman–Crippen MR) is 113 cm³/mol. The number of benzene rings is 2. The fourth-order valence-corrected chi connectivity index (χ4v) is 3.98. The van der Waals surface area contributed by atoms with Crippen molar-refractivity contribution in [1.29, 1.82) is 0 Å². The summed E-state index contributed by atoms with van der Waals surface area (Å²) in [4.78, 5) is 35.1. The van der Waals surface area contributed by atoms with Gasteiger partial charge in [-0.25, -0.2) is 8.42 Å². The monoisotopic (exact) mass is 448 g/mol. The molecule has 31 heavy (non-hydrogen) atoms. The third-order valence-corrected chi connectivity index (χ3v) is 6.26. The first kappa shape index (κ1) is 24.2. The molecule has 9 nitrogen and oxygen atoms in total. The van der Waals surface area contributed by atoms with Crippen molar-refractivity contribution >= 4 is 27.5 Å². The number of ether oxygens (including phenoxy) is 1. The number of carbonyl (C=O) groups excluding carboxylic acids is 2. The average molecular weight is 448 g/mol. The fourth-order valence-electron chi connectivity index (χ4n) is 2.69. The van der Waals surface area contributed by atoms with Crippen LogP contribution in [-0.4, -0.2) is 37.7 Å². The lowest BCUT2D eigenvalue weighted by Crippen LogP contribution is -2.46. The van der Waals surface area contributed by atoms with Gasteiger partial charge >= 0.3 is 5.97 Å². The van der Waals surface area contributed by atoms with Gasteiger partial charge in [-0.05, 0) is 25.0 Å². The van der Waals surface area contributed by atoms with Gasteiger partial charge in [0.2, 0.25) is 15.8 Å². The minimum absolute atomic E-state index is 0.00637. The van der Waals surface area contributed by atoms with Gasteiger partial charge < -0.3 is 4.74 Å². The number of ketones is 1. The number of nitrogens with one attached hydrogen (secondary N) is 1. The summed E-state index contributed by atoms with van der Waals surface area (Å²) in [6, 6.07) is 10.00. The minimum atomic E-state index is -3.99. The zero-order chi connectivity index (χ0) is 23.2. The molecule has 0 aliphatic carbocycles. The highest BCUT2D eigenvalue weighted by Crippen LogP contribution is 2.17. The maximum Gasteiger partial charge on any atom is 0.324 e. The van der Waals surface area contributed by atoms with E-state index in [4.69, 9.17) is 4.74 Å². The van der Waals surface area contributed by atoms with Crippen LogP contribution in [0, 0.1) is 23.0 Å². The molecule has 0 bridgehead atoms. The Bertz CT molecular complexity index is 1070. The second-order valence-electron chi connectivity index (χ2n) is 7.14. The van der Waals surface area contributed by atoms with Gasteiger partial charge in [0.1, 0.15) is 6.04 Å². The molecule has 10 heteroatoms. The van der Waals surface area contributed by atoms with Crippen molar-refractivity contribution in [2.24, 2.45) is 5.92 Å². The summed E-state index contributed by atoms with van der Waals surface area (Å²) in [7, 11) is -3.99. The van der Waals surface area contributed by atoms with E-state index in [-0.39, 0.29) is 16.1 Å². The number of nitrogens with zero attached hydrogens (tertiary/aromatic N) is 1. The zero-order valence-corrected chi connectivity index (χ0v) is 18.2. The molecule has 2 rings (SSSR count). The molecule has 0 saturated carbocycles. The number of nitro benzene ring substituents is 1.